The van der Waals surface area contributed by atoms with Crippen LogP contribution in [0.3, 0.4) is 0 Å². The quantitative estimate of drug-likeness (QED) is 0.762. The third-order valence-corrected chi connectivity index (χ3v) is 4.66. The van der Waals surface area contributed by atoms with E-state index >= 15 is 0 Å². The van der Waals surface area contributed by atoms with Gasteiger partial charge in [-0.15, -0.1) is 0 Å². The Morgan fingerprint density at radius 3 is 2.45 bits per heavy atom. The number of rotatable bonds is 5. The van der Waals surface area contributed by atoms with E-state index in [9.17, 15) is 9.90 Å². The SMILES string of the molecule is CCCC1CCC(c2ccc(C(=O)CC)c(O)c2)CC1. The third kappa shape index (κ3) is 3.41. The summed E-state index contributed by atoms with van der Waals surface area (Å²) in [6.07, 6.45) is 8.10. The summed E-state index contributed by atoms with van der Waals surface area (Å²) >= 11 is 0. The van der Waals surface area contributed by atoms with Gasteiger partial charge < -0.3 is 5.11 Å². The zero-order chi connectivity index (χ0) is 14.5. The molecule has 0 aliphatic heterocycles. The van der Waals surface area contributed by atoms with Gasteiger partial charge >= 0.3 is 0 Å². The minimum Gasteiger partial charge on any atom is -0.507 e. The van der Waals surface area contributed by atoms with E-state index in [0.29, 0.717) is 17.9 Å². The Bertz CT molecular complexity index is 456. The molecule has 0 atom stereocenters. The highest BCUT2D eigenvalue weighted by Crippen LogP contribution is 2.38. The molecule has 0 amide bonds. The number of ketones is 1. The van der Waals surface area contributed by atoms with E-state index in [1.54, 1.807) is 6.07 Å². The summed E-state index contributed by atoms with van der Waals surface area (Å²) in [5.74, 6) is 1.62. The second kappa shape index (κ2) is 6.92. The van der Waals surface area contributed by atoms with E-state index in [2.05, 4.69) is 6.92 Å². The van der Waals surface area contributed by atoms with E-state index < -0.39 is 0 Å². The number of Topliss-reactive ketones (excluding diaryl/α,β-unsaturated/α-hetero) is 1. The van der Waals surface area contributed by atoms with Crippen LogP contribution in [-0.2, 0) is 0 Å². The molecule has 110 valence electrons. The van der Waals surface area contributed by atoms with Crippen molar-refractivity contribution in [3.8, 4) is 5.75 Å². The average molecular weight is 274 g/mol. The van der Waals surface area contributed by atoms with Crippen LogP contribution in [0, 0.1) is 5.92 Å². The summed E-state index contributed by atoms with van der Waals surface area (Å²) < 4.78 is 0. The van der Waals surface area contributed by atoms with Crippen molar-refractivity contribution in [2.45, 2.75) is 64.7 Å². The summed E-state index contributed by atoms with van der Waals surface area (Å²) in [5, 5.41) is 10.0. The lowest BCUT2D eigenvalue weighted by molar-refractivity contribution is 0.0985. The van der Waals surface area contributed by atoms with Gasteiger partial charge in [-0.1, -0.05) is 32.8 Å². The minimum absolute atomic E-state index is 0.0145. The van der Waals surface area contributed by atoms with Crippen molar-refractivity contribution in [2.75, 3.05) is 0 Å². The van der Waals surface area contributed by atoms with Crippen molar-refractivity contribution in [2.24, 2.45) is 5.92 Å². The lowest BCUT2D eigenvalue weighted by Crippen LogP contribution is -2.13. The molecule has 1 N–H and O–H groups in total. The van der Waals surface area contributed by atoms with Crippen LogP contribution in [0.4, 0.5) is 0 Å². The zero-order valence-electron chi connectivity index (χ0n) is 12.7. The molecule has 0 spiro atoms. The molecule has 0 saturated heterocycles. The van der Waals surface area contributed by atoms with Gasteiger partial charge in [-0.25, -0.2) is 0 Å². The smallest absolute Gasteiger partial charge is 0.166 e. The summed E-state index contributed by atoms with van der Waals surface area (Å²) in [5.41, 5.74) is 1.67. The molecule has 0 aromatic heterocycles. The van der Waals surface area contributed by atoms with E-state index in [1.165, 1.54) is 44.1 Å². The Morgan fingerprint density at radius 1 is 1.20 bits per heavy atom. The molecule has 0 heterocycles. The highest BCUT2D eigenvalue weighted by atomic mass is 16.3. The lowest BCUT2D eigenvalue weighted by Gasteiger charge is -2.28. The highest BCUT2D eigenvalue weighted by Gasteiger charge is 2.22. The molecule has 1 aromatic carbocycles. The van der Waals surface area contributed by atoms with Gasteiger partial charge in [0.15, 0.2) is 5.78 Å². The first-order valence-corrected chi connectivity index (χ1v) is 8.01. The van der Waals surface area contributed by atoms with E-state index in [0.717, 1.165) is 5.92 Å². The van der Waals surface area contributed by atoms with Crippen LogP contribution in [0.25, 0.3) is 0 Å². The van der Waals surface area contributed by atoms with Gasteiger partial charge in [0.1, 0.15) is 5.75 Å². The maximum absolute atomic E-state index is 11.7. The van der Waals surface area contributed by atoms with Crippen LogP contribution >= 0.6 is 0 Å². The molecular weight excluding hydrogens is 248 g/mol. The molecule has 1 aliphatic rings. The first kappa shape index (κ1) is 15.1. The Kier molecular flexibility index (Phi) is 5.22. The lowest BCUT2D eigenvalue weighted by atomic mass is 9.77. The minimum atomic E-state index is 0.0145. The molecule has 2 heteroatoms. The highest BCUT2D eigenvalue weighted by molar-refractivity contribution is 5.98. The van der Waals surface area contributed by atoms with E-state index in [4.69, 9.17) is 0 Å². The van der Waals surface area contributed by atoms with Crippen molar-refractivity contribution in [3.63, 3.8) is 0 Å². The molecule has 2 rings (SSSR count). The molecule has 0 unspecified atom stereocenters. The van der Waals surface area contributed by atoms with Crippen molar-refractivity contribution >= 4 is 5.78 Å². The standard InChI is InChI=1S/C18H26O2/c1-3-5-13-6-8-14(9-7-13)15-10-11-16(17(19)4-2)18(20)12-15/h10-14,20H,3-9H2,1-2H3. The van der Waals surface area contributed by atoms with Gasteiger partial charge in [-0.2, -0.15) is 0 Å². The van der Waals surface area contributed by atoms with Crippen LogP contribution in [0.2, 0.25) is 0 Å². The fraction of sp³-hybridized carbons (Fsp3) is 0.611. The van der Waals surface area contributed by atoms with Crippen molar-refractivity contribution in [1.29, 1.82) is 0 Å². The number of aromatic hydroxyl groups is 1. The van der Waals surface area contributed by atoms with E-state index in [-0.39, 0.29) is 11.5 Å². The molecule has 2 nitrogen and oxygen atoms in total. The number of carbonyl (C=O) groups excluding carboxylic acids is 1. The number of phenolic OH excluding ortho intramolecular Hbond substituents is 1. The largest absolute Gasteiger partial charge is 0.507 e. The number of hydrogen-bond acceptors (Lipinski definition) is 2. The average Bonchev–Trinajstić information content (AvgIpc) is 2.47. The van der Waals surface area contributed by atoms with Gasteiger partial charge in [0.25, 0.3) is 0 Å². The molecule has 1 saturated carbocycles. The summed E-state index contributed by atoms with van der Waals surface area (Å²) in [6.45, 7) is 4.08. The Labute approximate surface area is 122 Å². The molecule has 0 bridgehead atoms. The first-order valence-electron chi connectivity index (χ1n) is 8.01. The molecule has 1 aromatic rings. The molecule has 0 radical (unpaired) electrons. The van der Waals surface area contributed by atoms with Crippen LogP contribution in [0.15, 0.2) is 18.2 Å². The first-order chi connectivity index (χ1) is 9.65. The number of hydrogen-bond donors (Lipinski definition) is 1. The number of benzene rings is 1. The van der Waals surface area contributed by atoms with Gasteiger partial charge in [-0.3, -0.25) is 4.79 Å². The Hall–Kier alpha value is -1.31. The van der Waals surface area contributed by atoms with Crippen LogP contribution in [-0.4, -0.2) is 10.9 Å². The normalized spacial score (nSPS) is 22.7. The van der Waals surface area contributed by atoms with Gasteiger partial charge in [0.05, 0.1) is 5.56 Å². The number of carbonyl (C=O) groups is 1. The summed E-state index contributed by atoms with van der Waals surface area (Å²) in [6, 6.07) is 5.65. The fourth-order valence-corrected chi connectivity index (χ4v) is 3.42. The second-order valence-electron chi connectivity index (χ2n) is 6.06. The maximum Gasteiger partial charge on any atom is 0.166 e. The zero-order valence-corrected chi connectivity index (χ0v) is 12.7. The summed E-state index contributed by atoms with van der Waals surface area (Å²) in [4.78, 5) is 11.7. The van der Waals surface area contributed by atoms with Gasteiger partial charge in [-0.05, 0) is 55.2 Å². The monoisotopic (exact) mass is 274 g/mol. The Balaban J connectivity index is 2.04. The van der Waals surface area contributed by atoms with Gasteiger partial charge in [0, 0.05) is 6.42 Å². The molecule has 1 aliphatic carbocycles. The van der Waals surface area contributed by atoms with Crippen molar-refractivity contribution < 1.29 is 9.90 Å². The predicted molar refractivity (Wildman–Crippen MR) is 82.3 cm³/mol. The molecule has 1 fully saturated rings. The number of phenols is 1. The van der Waals surface area contributed by atoms with Crippen LogP contribution in [0.1, 0.15) is 80.6 Å². The molecule has 20 heavy (non-hydrogen) atoms. The van der Waals surface area contributed by atoms with Crippen LogP contribution < -0.4 is 0 Å². The Morgan fingerprint density at radius 2 is 1.90 bits per heavy atom. The van der Waals surface area contributed by atoms with Crippen molar-refractivity contribution in [3.05, 3.63) is 29.3 Å². The van der Waals surface area contributed by atoms with Crippen LogP contribution in [0.5, 0.6) is 5.75 Å². The third-order valence-electron chi connectivity index (χ3n) is 4.66. The maximum atomic E-state index is 11.7. The topological polar surface area (TPSA) is 37.3 Å². The van der Waals surface area contributed by atoms with E-state index in [1.807, 2.05) is 19.1 Å². The van der Waals surface area contributed by atoms with Crippen molar-refractivity contribution in [1.82, 2.24) is 0 Å². The van der Waals surface area contributed by atoms with Gasteiger partial charge in [0.2, 0.25) is 0 Å². The summed E-state index contributed by atoms with van der Waals surface area (Å²) in [7, 11) is 0. The predicted octanol–water partition coefficient (Wildman–Crippen LogP) is 5.06. The second-order valence-corrected chi connectivity index (χ2v) is 6.06. The fourth-order valence-electron chi connectivity index (χ4n) is 3.42. The molecular formula is C18H26O2.